The van der Waals surface area contributed by atoms with Crippen LogP contribution in [0.5, 0.6) is 0 Å². The minimum absolute atomic E-state index is 0.145. The molecule has 0 spiro atoms. The predicted octanol–water partition coefficient (Wildman–Crippen LogP) is 1.91. The van der Waals surface area contributed by atoms with E-state index < -0.39 is 5.95 Å². The number of likely N-dealkylation sites (N-methyl/N-ethyl adjacent to an activating group) is 1. The van der Waals surface area contributed by atoms with Gasteiger partial charge in [0.2, 0.25) is 5.95 Å². The molecule has 6 heteroatoms. The Morgan fingerprint density at radius 3 is 2.93 bits per heavy atom. The summed E-state index contributed by atoms with van der Waals surface area (Å²) in [6.45, 7) is 0.575. The first kappa shape index (κ1) is 11.4. The second-order valence-electron chi connectivity index (χ2n) is 2.72. The maximum atomic E-state index is 12.9. The lowest BCUT2D eigenvalue weighted by Crippen LogP contribution is -2.23. The number of aromatic nitrogens is 1. The molecule has 1 aromatic heterocycles. The van der Waals surface area contributed by atoms with Crippen LogP contribution in [-0.2, 0) is 4.89 Å². The third-order valence-electron chi connectivity index (χ3n) is 1.65. The quantitative estimate of drug-likeness (QED) is 0.513. The maximum Gasteiger partial charge on any atom is 0.215 e. The molecule has 14 heavy (non-hydrogen) atoms. The van der Waals surface area contributed by atoms with Crippen molar-refractivity contribution in [2.24, 2.45) is 0 Å². The number of pyridine rings is 1. The molecule has 0 atom stereocenters. The van der Waals surface area contributed by atoms with Crippen LogP contribution in [0.4, 0.5) is 10.2 Å². The molecule has 78 valence electrons. The number of hydrogen-bond donors (Lipinski definition) is 1. The molecule has 1 rings (SSSR count). The number of halogens is 2. The number of nitrogens with zero attached hydrogens (tertiary/aromatic N) is 2. The largest absolute Gasteiger partial charge is 0.357 e. The van der Waals surface area contributed by atoms with Crippen LogP contribution in [0, 0.1) is 5.95 Å². The molecule has 0 aliphatic carbocycles. The first-order chi connectivity index (χ1) is 6.63. The molecular formula is C8H10BrFN2O2. The van der Waals surface area contributed by atoms with E-state index in [2.05, 4.69) is 25.8 Å². The molecule has 4 nitrogen and oxygen atoms in total. The van der Waals surface area contributed by atoms with Gasteiger partial charge >= 0.3 is 0 Å². The Morgan fingerprint density at radius 2 is 2.36 bits per heavy atom. The lowest BCUT2D eigenvalue weighted by molar-refractivity contribution is -0.239. The highest BCUT2D eigenvalue weighted by molar-refractivity contribution is 9.10. The molecule has 0 aliphatic rings. The van der Waals surface area contributed by atoms with E-state index in [0.29, 0.717) is 16.8 Å². The summed E-state index contributed by atoms with van der Waals surface area (Å²) < 4.78 is 13.5. The third kappa shape index (κ3) is 3.21. The third-order valence-corrected chi connectivity index (χ3v) is 2.11. The summed E-state index contributed by atoms with van der Waals surface area (Å²) in [4.78, 5) is 9.27. The zero-order valence-electron chi connectivity index (χ0n) is 7.57. The second-order valence-corrected chi connectivity index (χ2v) is 3.64. The van der Waals surface area contributed by atoms with Crippen LogP contribution in [0.2, 0.25) is 0 Å². The lowest BCUT2D eigenvalue weighted by atomic mass is 10.4. The van der Waals surface area contributed by atoms with Gasteiger partial charge in [-0.25, -0.2) is 9.87 Å². The van der Waals surface area contributed by atoms with Crippen LogP contribution in [0.1, 0.15) is 0 Å². The normalized spacial score (nSPS) is 10.3. The van der Waals surface area contributed by atoms with Crippen LogP contribution in [0.3, 0.4) is 0 Å². The van der Waals surface area contributed by atoms with Crippen LogP contribution in [-0.4, -0.2) is 30.4 Å². The van der Waals surface area contributed by atoms with E-state index in [0.717, 1.165) is 0 Å². The van der Waals surface area contributed by atoms with Crippen molar-refractivity contribution in [1.82, 2.24) is 4.98 Å². The van der Waals surface area contributed by atoms with Gasteiger partial charge in [0.05, 0.1) is 6.61 Å². The van der Waals surface area contributed by atoms with Gasteiger partial charge in [-0.05, 0) is 6.07 Å². The smallest absolute Gasteiger partial charge is 0.215 e. The summed E-state index contributed by atoms with van der Waals surface area (Å²) in [7, 11) is 1.73. The highest BCUT2D eigenvalue weighted by Crippen LogP contribution is 2.17. The first-order valence-electron chi connectivity index (χ1n) is 3.94. The molecule has 1 aromatic rings. The zero-order valence-corrected chi connectivity index (χ0v) is 9.16. The van der Waals surface area contributed by atoms with Crippen molar-refractivity contribution in [1.29, 1.82) is 0 Å². The van der Waals surface area contributed by atoms with Crippen LogP contribution in [0.15, 0.2) is 16.6 Å². The fraction of sp³-hybridized carbons (Fsp3) is 0.375. The Morgan fingerprint density at radius 1 is 1.64 bits per heavy atom. The van der Waals surface area contributed by atoms with Crippen molar-refractivity contribution in [3.63, 3.8) is 0 Å². The van der Waals surface area contributed by atoms with Crippen molar-refractivity contribution < 1.29 is 14.5 Å². The minimum atomic E-state index is -0.550. The molecule has 0 fully saturated rings. The Balaban J connectivity index is 2.73. The SMILES string of the molecule is CN(CCOO)c1cc(Br)cc(F)n1. The van der Waals surface area contributed by atoms with E-state index in [1.54, 1.807) is 18.0 Å². The van der Waals surface area contributed by atoms with E-state index >= 15 is 0 Å². The van der Waals surface area contributed by atoms with E-state index in [1.807, 2.05) is 0 Å². The maximum absolute atomic E-state index is 12.9. The van der Waals surface area contributed by atoms with Gasteiger partial charge in [-0.3, -0.25) is 5.26 Å². The van der Waals surface area contributed by atoms with Crippen molar-refractivity contribution in [2.45, 2.75) is 0 Å². The van der Waals surface area contributed by atoms with Gasteiger partial charge in [-0.1, -0.05) is 15.9 Å². The Kier molecular flexibility index (Phi) is 4.24. The van der Waals surface area contributed by atoms with Crippen LogP contribution >= 0.6 is 15.9 Å². The lowest BCUT2D eigenvalue weighted by Gasteiger charge is -2.16. The van der Waals surface area contributed by atoms with Gasteiger partial charge in [-0.15, -0.1) is 0 Å². The van der Waals surface area contributed by atoms with E-state index in [1.165, 1.54) is 6.07 Å². The highest BCUT2D eigenvalue weighted by Gasteiger charge is 2.05. The van der Waals surface area contributed by atoms with Gasteiger partial charge in [-0.2, -0.15) is 4.39 Å². The average Bonchev–Trinajstić information content (AvgIpc) is 2.12. The monoisotopic (exact) mass is 264 g/mol. The fourth-order valence-electron chi connectivity index (χ4n) is 0.941. The summed E-state index contributed by atoms with van der Waals surface area (Å²) >= 11 is 3.16. The van der Waals surface area contributed by atoms with Crippen molar-refractivity contribution in [3.8, 4) is 0 Å². The number of hydrogen-bond acceptors (Lipinski definition) is 4. The molecule has 0 saturated carbocycles. The summed E-state index contributed by atoms with van der Waals surface area (Å²) in [5.41, 5.74) is 0. The minimum Gasteiger partial charge on any atom is -0.357 e. The van der Waals surface area contributed by atoms with Crippen molar-refractivity contribution in [3.05, 3.63) is 22.6 Å². The topological polar surface area (TPSA) is 45.6 Å². The Labute approximate surface area is 89.4 Å². The van der Waals surface area contributed by atoms with E-state index in [9.17, 15) is 4.39 Å². The molecule has 1 N–H and O–H groups in total. The molecule has 0 bridgehead atoms. The molecule has 1 heterocycles. The van der Waals surface area contributed by atoms with Crippen molar-refractivity contribution in [2.75, 3.05) is 25.1 Å². The first-order valence-corrected chi connectivity index (χ1v) is 4.73. The average molecular weight is 265 g/mol. The second kappa shape index (κ2) is 5.23. The van der Waals surface area contributed by atoms with Gasteiger partial charge in [0.25, 0.3) is 0 Å². The molecule has 0 unspecified atom stereocenters. The van der Waals surface area contributed by atoms with Crippen molar-refractivity contribution >= 4 is 21.7 Å². The highest BCUT2D eigenvalue weighted by atomic mass is 79.9. The van der Waals surface area contributed by atoms with Gasteiger partial charge in [0, 0.05) is 24.1 Å². The summed E-state index contributed by atoms with van der Waals surface area (Å²) in [5.74, 6) is -0.0694. The van der Waals surface area contributed by atoms with Crippen LogP contribution < -0.4 is 4.90 Å². The van der Waals surface area contributed by atoms with E-state index in [-0.39, 0.29) is 6.61 Å². The number of rotatable bonds is 4. The predicted molar refractivity (Wildman–Crippen MR) is 53.7 cm³/mol. The molecule has 0 aliphatic heterocycles. The van der Waals surface area contributed by atoms with Gasteiger partial charge < -0.3 is 4.90 Å². The molecule has 0 aromatic carbocycles. The van der Waals surface area contributed by atoms with E-state index in [4.69, 9.17) is 5.26 Å². The summed E-state index contributed by atoms with van der Waals surface area (Å²) in [6.07, 6.45) is 0. The van der Waals surface area contributed by atoms with Gasteiger partial charge in [0.1, 0.15) is 5.82 Å². The van der Waals surface area contributed by atoms with Gasteiger partial charge in [0.15, 0.2) is 0 Å². The Bertz CT molecular complexity index is 291. The fourth-order valence-corrected chi connectivity index (χ4v) is 1.33. The summed E-state index contributed by atoms with van der Waals surface area (Å²) in [6, 6.07) is 2.96. The molecule has 0 amide bonds. The zero-order chi connectivity index (χ0) is 10.6. The molecule has 0 radical (unpaired) electrons. The molecule has 0 saturated heterocycles. The summed E-state index contributed by atoms with van der Waals surface area (Å²) in [5, 5.41) is 8.14. The number of anilines is 1. The van der Waals surface area contributed by atoms with Crippen LogP contribution in [0.25, 0.3) is 0 Å². The standard InChI is InChI=1S/C8H10BrFN2O2/c1-12(2-3-14-13)8-5-6(9)4-7(10)11-8/h4-5,13H,2-3H2,1H3. The Hall–Kier alpha value is -0.720. The molecular weight excluding hydrogens is 255 g/mol.